The van der Waals surface area contributed by atoms with Crippen molar-refractivity contribution in [2.24, 2.45) is 0 Å². The number of hydrogen-bond donors (Lipinski definition) is 1. The number of aliphatic hydroxyl groups is 1. The van der Waals surface area contributed by atoms with Crippen LogP contribution >= 0.6 is 0 Å². The Morgan fingerprint density at radius 2 is 1.85 bits per heavy atom. The first-order chi connectivity index (χ1) is 9.38. The Balaban J connectivity index is 2.24. The Kier molecular flexibility index (Phi) is 4.20. The molecule has 0 aliphatic heterocycles. The number of rotatable bonds is 4. The van der Waals surface area contributed by atoms with Gasteiger partial charge in [-0.3, -0.25) is 0 Å². The molecule has 2 rings (SSSR count). The minimum absolute atomic E-state index is 0.121. The van der Waals surface area contributed by atoms with Crippen LogP contribution in [0.4, 0.5) is 4.39 Å². The maximum Gasteiger partial charge on any atom is 0.181 e. The van der Waals surface area contributed by atoms with Crippen LogP contribution in [0.2, 0.25) is 0 Å². The Bertz CT molecular complexity index is 711. The van der Waals surface area contributed by atoms with E-state index in [-0.39, 0.29) is 4.90 Å². The van der Waals surface area contributed by atoms with Crippen LogP contribution < -0.4 is 0 Å². The second-order valence-electron chi connectivity index (χ2n) is 4.67. The van der Waals surface area contributed by atoms with Crippen molar-refractivity contribution in [1.29, 1.82) is 0 Å². The Morgan fingerprint density at radius 1 is 1.15 bits per heavy atom. The van der Waals surface area contributed by atoms with E-state index in [1.165, 1.54) is 18.2 Å². The van der Waals surface area contributed by atoms with Gasteiger partial charge in [-0.15, -0.1) is 0 Å². The zero-order chi connectivity index (χ0) is 14.8. The lowest BCUT2D eigenvalue weighted by atomic mass is 10.1. The van der Waals surface area contributed by atoms with Crippen molar-refractivity contribution in [1.82, 2.24) is 0 Å². The van der Waals surface area contributed by atoms with E-state index in [4.69, 9.17) is 0 Å². The van der Waals surface area contributed by atoms with Gasteiger partial charge in [0, 0.05) is 0 Å². The van der Waals surface area contributed by atoms with Crippen LogP contribution in [0.25, 0.3) is 0 Å². The van der Waals surface area contributed by atoms with E-state index in [1.54, 1.807) is 18.2 Å². The molecule has 2 aromatic rings. The molecule has 0 amide bonds. The maximum absolute atomic E-state index is 13.1. The van der Waals surface area contributed by atoms with Crippen molar-refractivity contribution >= 4 is 9.84 Å². The van der Waals surface area contributed by atoms with Gasteiger partial charge in [-0.1, -0.05) is 35.9 Å². The van der Waals surface area contributed by atoms with E-state index in [0.29, 0.717) is 5.56 Å². The third-order valence-electron chi connectivity index (χ3n) is 2.96. The molecule has 1 N–H and O–H groups in total. The van der Waals surface area contributed by atoms with Crippen LogP contribution in [-0.4, -0.2) is 19.3 Å². The molecule has 20 heavy (non-hydrogen) atoms. The normalized spacial score (nSPS) is 13.2. The average molecular weight is 294 g/mol. The van der Waals surface area contributed by atoms with Crippen LogP contribution in [0.1, 0.15) is 17.2 Å². The van der Waals surface area contributed by atoms with Crippen LogP contribution in [0, 0.1) is 12.7 Å². The van der Waals surface area contributed by atoms with Gasteiger partial charge in [0.1, 0.15) is 5.82 Å². The molecule has 0 aliphatic carbocycles. The molecule has 5 heteroatoms. The van der Waals surface area contributed by atoms with Crippen molar-refractivity contribution in [2.75, 3.05) is 5.75 Å². The van der Waals surface area contributed by atoms with E-state index in [9.17, 15) is 17.9 Å². The van der Waals surface area contributed by atoms with Gasteiger partial charge >= 0.3 is 0 Å². The van der Waals surface area contributed by atoms with E-state index in [1.807, 2.05) is 13.0 Å². The van der Waals surface area contributed by atoms with Crippen molar-refractivity contribution in [3.63, 3.8) is 0 Å². The lowest BCUT2D eigenvalue weighted by Gasteiger charge is -2.12. The topological polar surface area (TPSA) is 54.4 Å². The van der Waals surface area contributed by atoms with Gasteiger partial charge < -0.3 is 5.11 Å². The highest BCUT2D eigenvalue weighted by molar-refractivity contribution is 7.91. The van der Waals surface area contributed by atoms with Crippen molar-refractivity contribution in [3.05, 3.63) is 65.5 Å². The Labute approximate surface area is 117 Å². The summed E-state index contributed by atoms with van der Waals surface area (Å²) in [6.07, 6.45) is -1.14. The lowest BCUT2D eigenvalue weighted by Crippen LogP contribution is -2.15. The molecule has 0 heterocycles. The van der Waals surface area contributed by atoms with Crippen molar-refractivity contribution in [2.45, 2.75) is 17.9 Å². The number of hydrogen-bond acceptors (Lipinski definition) is 3. The molecule has 0 fully saturated rings. The van der Waals surface area contributed by atoms with Gasteiger partial charge in [-0.25, -0.2) is 12.8 Å². The van der Waals surface area contributed by atoms with E-state index in [0.717, 1.165) is 11.6 Å². The SMILES string of the molecule is Cc1cccc(C(O)CS(=O)(=O)c2cccc(F)c2)c1. The van der Waals surface area contributed by atoms with Gasteiger partial charge in [-0.2, -0.15) is 0 Å². The molecule has 1 unspecified atom stereocenters. The molecule has 0 bridgehead atoms. The minimum atomic E-state index is -3.73. The number of aliphatic hydroxyl groups excluding tert-OH is 1. The second kappa shape index (κ2) is 5.73. The quantitative estimate of drug-likeness (QED) is 0.943. The van der Waals surface area contributed by atoms with E-state index in [2.05, 4.69) is 0 Å². The first kappa shape index (κ1) is 14.7. The monoisotopic (exact) mass is 294 g/mol. The Morgan fingerprint density at radius 3 is 2.50 bits per heavy atom. The highest BCUT2D eigenvalue weighted by Gasteiger charge is 2.21. The maximum atomic E-state index is 13.1. The molecule has 1 atom stereocenters. The average Bonchev–Trinajstić information content (AvgIpc) is 2.38. The molecule has 0 aromatic heterocycles. The van der Waals surface area contributed by atoms with Gasteiger partial charge in [0.2, 0.25) is 0 Å². The summed E-state index contributed by atoms with van der Waals surface area (Å²) in [5.41, 5.74) is 1.47. The van der Waals surface area contributed by atoms with Gasteiger partial charge in [0.15, 0.2) is 9.84 Å². The standard InChI is InChI=1S/C15H15FO3S/c1-11-4-2-5-12(8-11)15(17)10-20(18,19)14-7-3-6-13(16)9-14/h2-9,15,17H,10H2,1H3. The molecule has 2 aromatic carbocycles. The van der Waals surface area contributed by atoms with Gasteiger partial charge in [0.05, 0.1) is 16.8 Å². The number of aryl methyl sites for hydroxylation is 1. The third-order valence-corrected chi connectivity index (χ3v) is 4.69. The third kappa shape index (κ3) is 3.43. The molecular weight excluding hydrogens is 279 g/mol. The fourth-order valence-corrected chi connectivity index (χ4v) is 3.32. The first-order valence-corrected chi connectivity index (χ1v) is 7.77. The molecule has 0 saturated carbocycles. The summed E-state index contributed by atoms with van der Waals surface area (Å²) >= 11 is 0. The summed E-state index contributed by atoms with van der Waals surface area (Å²) in [6.45, 7) is 1.86. The van der Waals surface area contributed by atoms with E-state index < -0.39 is 27.5 Å². The summed E-state index contributed by atoms with van der Waals surface area (Å²) in [4.78, 5) is -0.121. The molecule has 0 aliphatic rings. The largest absolute Gasteiger partial charge is 0.387 e. The van der Waals surface area contributed by atoms with Crippen LogP contribution in [0.5, 0.6) is 0 Å². The summed E-state index contributed by atoms with van der Waals surface area (Å²) in [6, 6.07) is 11.8. The van der Waals surface area contributed by atoms with E-state index >= 15 is 0 Å². The summed E-state index contributed by atoms with van der Waals surface area (Å²) < 4.78 is 37.3. The van der Waals surface area contributed by atoms with Crippen LogP contribution in [0.15, 0.2) is 53.4 Å². The van der Waals surface area contributed by atoms with Gasteiger partial charge in [0.25, 0.3) is 0 Å². The molecule has 0 saturated heterocycles. The highest BCUT2D eigenvalue weighted by Crippen LogP contribution is 2.21. The highest BCUT2D eigenvalue weighted by atomic mass is 32.2. The second-order valence-corrected chi connectivity index (χ2v) is 6.70. The molecular formula is C15H15FO3S. The molecule has 3 nitrogen and oxygen atoms in total. The predicted molar refractivity (Wildman–Crippen MR) is 74.6 cm³/mol. The molecule has 0 spiro atoms. The summed E-state index contributed by atoms with van der Waals surface area (Å²) in [7, 11) is -3.73. The lowest BCUT2D eigenvalue weighted by molar-refractivity contribution is 0.201. The Hall–Kier alpha value is -1.72. The first-order valence-electron chi connectivity index (χ1n) is 6.11. The minimum Gasteiger partial charge on any atom is -0.387 e. The van der Waals surface area contributed by atoms with Gasteiger partial charge in [-0.05, 0) is 30.7 Å². The number of halogens is 1. The summed E-state index contributed by atoms with van der Waals surface area (Å²) in [5, 5.41) is 10.0. The van der Waals surface area contributed by atoms with Crippen LogP contribution in [0.3, 0.4) is 0 Å². The molecule has 106 valence electrons. The predicted octanol–water partition coefficient (Wildman–Crippen LogP) is 2.64. The smallest absolute Gasteiger partial charge is 0.181 e. The summed E-state index contributed by atoms with van der Waals surface area (Å²) in [5.74, 6) is -1.09. The van der Waals surface area contributed by atoms with Crippen LogP contribution in [-0.2, 0) is 9.84 Å². The molecule has 0 radical (unpaired) electrons. The fourth-order valence-electron chi connectivity index (χ4n) is 1.94. The fraction of sp³-hybridized carbons (Fsp3) is 0.200. The number of sulfone groups is 1. The zero-order valence-electron chi connectivity index (χ0n) is 11.0. The zero-order valence-corrected chi connectivity index (χ0v) is 11.8. The van der Waals surface area contributed by atoms with Crippen molar-refractivity contribution in [3.8, 4) is 0 Å². The van der Waals surface area contributed by atoms with Crippen molar-refractivity contribution < 1.29 is 17.9 Å². The number of benzene rings is 2.